The Balaban J connectivity index is 1.90. The maximum absolute atomic E-state index is 5.47. The summed E-state index contributed by atoms with van der Waals surface area (Å²) in [7, 11) is 0. The van der Waals surface area contributed by atoms with Crippen LogP contribution in [0.25, 0.3) is 0 Å². The highest BCUT2D eigenvalue weighted by Crippen LogP contribution is 2.31. The lowest BCUT2D eigenvalue weighted by atomic mass is 10.1. The first kappa shape index (κ1) is 11.8. The highest BCUT2D eigenvalue weighted by atomic mass is 32.2. The van der Waals surface area contributed by atoms with Gasteiger partial charge in [0.05, 0.1) is 0 Å². The number of anilines is 1. The summed E-state index contributed by atoms with van der Waals surface area (Å²) < 4.78 is 0. The molecule has 1 aliphatic rings. The number of fused-ring (bicyclic) bond motifs is 1. The molecule has 16 heavy (non-hydrogen) atoms. The van der Waals surface area contributed by atoms with Gasteiger partial charge in [-0.3, -0.25) is 0 Å². The van der Waals surface area contributed by atoms with Gasteiger partial charge in [0, 0.05) is 17.1 Å². The van der Waals surface area contributed by atoms with Gasteiger partial charge in [-0.15, -0.1) is 11.8 Å². The molecule has 2 nitrogen and oxygen atoms in total. The molecule has 0 aliphatic carbocycles. The number of nitrogens with one attached hydrogen (secondary N) is 1. The van der Waals surface area contributed by atoms with Crippen molar-refractivity contribution in [2.24, 2.45) is 5.73 Å². The predicted octanol–water partition coefficient (Wildman–Crippen LogP) is 2.88. The molecule has 0 atom stereocenters. The van der Waals surface area contributed by atoms with Crippen LogP contribution in [-0.4, -0.2) is 18.8 Å². The van der Waals surface area contributed by atoms with E-state index < -0.39 is 0 Å². The first-order valence-corrected chi connectivity index (χ1v) is 7.08. The van der Waals surface area contributed by atoms with Crippen molar-refractivity contribution in [1.29, 1.82) is 0 Å². The number of hydrogen-bond acceptors (Lipinski definition) is 3. The smallest absolute Gasteiger partial charge is 0.0343 e. The molecule has 1 aromatic rings. The molecule has 2 rings (SSSR count). The molecule has 0 saturated carbocycles. The third-order valence-corrected chi connectivity index (χ3v) is 4.07. The third-order valence-electron chi connectivity index (χ3n) is 2.87. The van der Waals surface area contributed by atoms with E-state index in [0.717, 1.165) is 25.9 Å². The number of rotatable bonds is 5. The SMILES string of the molecule is NCCCCNc1ccc2c(c1)CCCS2. The van der Waals surface area contributed by atoms with E-state index in [2.05, 4.69) is 23.5 Å². The monoisotopic (exact) mass is 236 g/mol. The number of thioether (sulfide) groups is 1. The Labute approximate surface area is 102 Å². The molecule has 0 fully saturated rings. The van der Waals surface area contributed by atoms with E-state index in [9.17, 15) is 0 Å². The Morgan fingerprint density at radius 2 is 2.25 bits per heavy atom. The second-order valence-electron chi connectivity index (χ2n) is 4.20. The summed E-state index contributed by atoms with van der Waals surface area (Å²) in [5.41, 5.74) is 8.24. The molecule has 1 heterocycles. The number of benzene rings is 1. The Morgan fingerprint density at radius 3 is 3.12 bits per heavy atom. The fourth-order valence-corrected chi connectivity index (χ4v) is 2.99. The van der Waals surface area contributed by atoms with Gasteiger partial charge in [-0.25, -0.2) is 0 Å². The summed E-state index contributed by atoms with van der Waals surface area (Å²) in [6, 6.07) is 6.76. The minimum absolute atomic E-state index is 0.794. The van der Waals surface area contributed by atoms with Crippen molar-refractivity contribution < 1.29 is 0 Å². The summed E-state index contributed by atoms with van der Waals surface area (Å²) >= 11 is 1.99. The van der Waals surface area contributed by atoms with Gasteiger partial charge in [0.15, 0.2) is 0 Å². The van der Waals surface area contributed by atoms with Gasteiger partial charge >= 0.3 is 0 Å². The van der Waals surface area contributed by atoms with Crippen LogP contribution in [0.3, 0.4) is 0 Å². The van der Waals surface area contributed by atoms with Crippen molar-refractivity contribution in [3.05, 3.63) is 23.8 Å². The summed E-state index contributed by atoms with van der Waals surface area (Å²) in [6.07, 6.45) is 4.81. The van der Waals surface area contributed by atoms with E-state index in [1.54, 1.807) is 0 Å². The lowest BCUT2D eigenvalue weighted by molar-refractivity contribution is 0.774. The molecule has 0 spiro atoms. The molecular formula is C13H20N2S. The van der Waals surface area contributed by atoms with E-state index in [4.69, 9.17) is 5.73 Å². The molecule has 1 aromatic carbocycles. The second-order valence-corrected chi connectivity index (χ2v) is 5.33. The Bertz CT molecular complexity index is 339. The number of nitrogens with two attached hydrogens (primary N) is 1. The molecule has 0 bridgehead atoms. The number of aryl methyl sites for hydroxylation is 1. The topological polar surface area (TPSA) is 38.0 Å². The van der Waals surface area contributed by atoms with Gasteiger partial charge in [-0.2, -0.15) is 0 Å². The van der Waals surface area contributed by atoms with Crippen molar-refractivity contribution in [2.75, 3.05) is 24.2 Å². The van der Waals surface area contributed by atoms with E-state index in [1.165, 1.54) is 34.7 Å². The number of hydrogen-bond donors (Lipinski definition) is 2. The van der Waals surface area contributed by atoms with Gasteiger partial charge in [-0.1, -0.05) is 0 Å². The van der Waals surface area contributed by atoms with Crippen LogP contribution in [0.2, 0.25) is 0 Å². The van der Waals surface area contributed by atoms with Gasteiger partial charge in [0.25, 0.3) is 0 Å². The van der Waals surface area contributed by atoms with E-state index in [1.807, 2.05) is 11.8 Å². The maximum atomic E-state index is 5.47. The standard InChI is InChI=1S/C13H20N2S/c14-7-1-2-8-15-12-5-6-13-11(10-12)4-3-9-16-13/h5-6,10,15H,1-4,7-9,14H2. The van der Waals surface area contributed by atoms with Crippen molar-refractivity contribution in [3.63, 3.8) is 0 Å². The average Bonchev–Trinajstić information content (AvgIpc) is 2.34. The van der Waals surface area contributed by atoms with Gasteiger partial charge in [-0.05, 0) is 61.7 Å². The fraction of sp³-hybridized carbons (Fsp3) is 0.538. The Hall–Kier alpha value is -0.670. The van der Waals surface area contributed by atoms with Crippen LogP contribution < -0.4 is 11.1 Å². The predicted molar refractivity (Wildman–Crippen MR) is 72.3 cm³/mol. The normalized spacial score (nSPS) is 14.6. The van der Waals surface area contributed by atoms with Crippen molar-refractivity contribution in [2.45, 2.75) is 30.6 Å². The van der Waals surface area contributed by atoms with Crippen LogP contribution in [0, 0.1) is 0 Å². The molecule has 0 unspecified atom stereocenters. The first-order chi connectivity index (χ1) is 7.90. The second kappa shape index (κ2) is 6.16. The minimum atomic E-state index is 0.794. The molecule has 0 amide bonds. The molecule has 3 N–H and O–H groups in total. The third kappa shape index (κ3) is 3.16. The van der Waals surface area contributed by atoms with Crippen LogP contribution in [0.5, 0.6) is 0 Å². The maximum Gasteiger partial charge on any atom is 0.0343 e. The van der Waals surface area contributed by atoms with Crippen LogP contribution in [-0.2, 0) is 6.42 Å². The molecule has 0 aromatic heterocycles. The van der Waals surface area contributed by atoms with Crippen LogP contribution in [0.1, 0.15) is 24.8 Å². The van der Waals surface area contributed by atoms with Crippen molar-refractivity contribution >= 4 is 17.4 Å². The molecular weight excluding hydrogens is 216 g/mol. The van der Waals surface area contributed by atoms with Crippen molar-refractivity contribution in [1.82, 2.24) is 0 Å². The Morgan fingerprint density at radius 1 is 1.31 bits per heavy atom. The van der Waals surface area contributed by atoms with Crippen LogP contribution in [0.4, 0.5) is 5.69 Å². The summed E-state index contributed by atoms with van der Waals surface area (Å²) in [4.78, 5) is 1.47. The zero-order valence-corrected chi connectivity index (χ0v) is 10.5. The van der Waals surface area contributed by atoms with Gasteiger partial charge < -0.3 is 11.1 Å². The summed E-state index contributed by atoms with van der Waals surface area (Å²) in [5.74, 6) is 1.27. The zero-order chi connectivity index (χ0) is 11.2. The van der Waals surface area contributed by atoms with Crippen LogP contribution >= 0.6 is 11.8 Å². The quantitative estimate of drug-likeness (QED) is 0.772. The van der Waals surface area contributed by atoms with Gasteiger partial charge in [0.1, 0.15) is 0 Å². The average molecular weight is 236 g/mol. The molecule has 0 radical (unpaired) electrons. The van der Waals surface area contributed by atoms with Gasteiger partial charge in [0.2, 0.25) is 0 Å². The van der Waals surface area contributed by atoms with E-state index in [-0.39, 0.29) is 0 Å². The Kier molecular flexibility index (Phi) is 4.55. The molecule has 88 valence electrons. The van der Waals surface area contributed by atoms with Crippen LogP contribution in [0.15, 0.2) is 23.1 Å². The molecule has 1 aliphatic heterocycles. The largest absolute Gasteiger partial charge is 0.385 e. The van der Waals surface area contributed by atoms with E-state index >= 15 is 0 Å². The molecule has 3 heteroatoms. The zero-order valence-electron chi connectivity index (χ0n) is 9.67. The summed E-state index contributed by atoms with van der Waals surface area (Å²) in [5, 5.41) is 3.46. The highest BCUT2D eigenvalue weighted by Gasteiger charge is 2.09. The molecule has 0 saturated heterocycles. The van der Waals surface area contributed by atoms with E-state index in [0.29, 0.717) is 0 Å². The lowest BCUT2D eigenvalue weighted by Gasteiger charge is -2.16. The minimum Gasteiger partial charge on any atom is -0.385 e. The fourth-order valence-electron chi connectivity index (χ4n) is 1.97. The number of unbranched alkanes of at least 4 members (excludes halogenated alkanes) is 1. The highest BCUT2D eigenvalue weighted by molar-refractivity contribution is 7.99. The van der Waals surface area contributed by atoms with Crippen molar-refractivity contribution in [3.8, 4) is 0 Å². The first-order valence-electron chi connectivity index (χ1n) is 6.10. The lowest BCUT2D eigenvalue weighted by Crippen LogP contribution is -2.06. The summed E-state index contributed by atoms with van der Waals surface area (Å²) in [6.45, 7) is 1.83.